The van der Waals surface area contributed by atoms with Crippen molar-refractivity contribution in [2.75, 3.05) is 32.9 Å². The Hall–Kier alpha value is -0.610. The number of carbonyl (C=O) groups excluding carboxylic acids is 1. The highest BCUT2D eigenvalue weighted by Crippen LogP contribution is 2.21. The van der Waals surface area contributed by atoms with Gasteiger partial charge in [0.2, 0.25) is 5.91 Å². The number of hydrogen-bond acceptors (Lipinski definition) is 3. The summed E-state index contributed by atoms with van der Waals surface area (Å²) in [6, 6.07) is 0. The van der Waals surface area contributed by atoms with E-state index < -0.39 is 0 Å². The highest BCUT2D eigenvalue weighted by molar-refractivity contribution is 5.79. The molecule has 15 heavy (non-hydrogen) atoms. The van der Waals surface area contributed by atoms with E-state index in [2.05, 4.69) is 0 Å². The third-order valence-electron chi connectivity index (χ3n) is 3.37. The number of hydrogen-bond donors (Lipinski definition) is 1. The standard InChI is InChI=1S/C11H19NO3/c13-7-9-2-1-4-12(6-9)11(14)10-3-5-15-8-10/h9-10,13H,1-8H2/t9-,10+/m0/s1. The lowest BCUT2D eigenvalue weighted by Gasteiger charge is -2.33. The van der Waals surface area contributed by atoms with Gasteiger partial charge in [0.15, 0.2) is 0 Å². The molecule has 0 bridgehead atoms. The van der Waals surface area contributed by atoms with Crippen LogP contribution < -0.4 is 0 Å². The van der Waals surface area contributed by atoms with Crippen LogP contribution in [-0.4, -0.2) is 48.8 Å². The Labute approximate surface area is 90.2 Å². The summed E-state index contributed by atoms with van der Waals surface area (Å²) < 4.78 is 5.23. The summed E-state index contributed by atoms with van der Waals surface area (Å²) in [4.78, 5) is 13.9. The number of aliphatic hydroxyl groups is 1. The number of carbonyl (C=O) groups is 1. The first-order chi connectivity index (χ1) is 7.31. The van der Waals surface area contributed by atoms with E-state index >= 15 is 0 Å². The molecule has 0 saturated carbocycles. The predicted molar refractivity (Wildman–Crippen MR) is 55.3 cm³/mol. The highest BCUT2D eigenvalue weighted by atomic mass is 16.5. The van der Waals surface area contributed by atoms with Gasteiger partial charge in [0.1, 0.15) is 0 Å². The molecule has 0 aromatic carbocycles. The lowest BCUT2D eigenvalue weighted by atomic mass is 9.97. The van der Waals surface area contributed by atoms with Gasteiger partial charge in [-0.15, -0.1) is 0 Å². The van der Waals surface area contributed by atoms with E-state index in [0.717, 1.165) is 32.4 Å². The molecule has 4 heteroatoms. The van der Waals surface area contributed by atoms with Crippen molar-refractivity contribution in [3.05, 3.63) is 0 Å². The summed E-state index contributed by atoms with van der Waals surface area (Å²) in [5.74, 6) is 0.582. The van der Waals surface area contributed by atoms with E-state index in [9.17, 15) is 4.79 Å². The minimum absolute atomic E-state index is 0.0717. The van der Waals surface area contributed by atoms with Crippen LogP contribution in [0, 0.1) is 11.8 Å². The Morgan fingerprint density at radius 2 is 2.33 bits per heavy atom. The fourth-order valence-corrected chi connectivity index (χ4v) is 2.40. The molecule has 0 aromatic rings. The molecular weight excluding hydrogens is 194 g/mol. The van der Waals surface area contributed by atoms with Gasteiger partial charge in [-0.3, -0.25) is 4.79 Å². The van der Waals surface area contributed by atoms with Crippen LogP contribution in [0.4, 0.5) is 0 Å². The molecule has 0 unspecified atom stereocenters. The largest absolute Gasteiger partial charge is 0.396 e. The van der Waals surface area contributed by atoms with E-state index in [1.54, 1.807) is 0 Å². The molecule has 1 N–H and O–H groups in total. The first-order valence-electron chi connectivity index (χ1n) is 5.78. The van der Waals surface area contributed by atoms with Crippen LogP contribution in [0.15, 0.2) is 0 Å². The van der Waals surface area contributed by atoms with Crippen molar-refractivity contribution in [2.24, 2.45) is 11.8 Å². The van der Waals surface area contributed by atoms with Crippen LogP contribution in [0.5, 0.6) is 0 Å². The highest BCUT2D eigenvalue weighted by Gasteiger charge is 2.30. The average Bonchev–Trinajstić information content (AvgIpc) is 2.81. The number of nitrogens with zero attached hydrogens (tertiary/aromatic N) is 1. The molecule has 0 aliphatic carbocycles. The molecule has 2 fully saturated rings. The van der Waals surface area contributed by atoms with Crippen LogP contribution in [0.1, 0.15) is 19.3 Å². The van der Waals surface area contributed by atoms with Crippen molar-refractivity contribution in [1.29, 1.82) is 0 Å². The van der Waals surface area contributed by atoms with E-state index in [1.807, 2.05) is 4.90 Å². The fraction of sp³-hybridized carbons (Fsp3) is 0.909. The van der Waals surface area contributed by atoms with Gasteiger partial charge in [-0.25, -0.2) is 0 Å². The third-order valence-corrected chi connectivity index (χ3v) is 3.37. The predicted octanol–water partition coefficient (Wildman–Crippen LogP) is 0.254. The van der Waals surface area contributed by atoms with Gasteiger partial charge in [-0.2, -0.15) is 0 Å². The Bertz CT molecular complexity index is 226. The maximum absolute atomic E-state index is 12.0. The molecule has 4 nitrogen and oxygen atoms in total. The SMILES string of the molecule is O=C([C@@H]1CCOC1)N1CCC[C@H](CO)C1. The van der Waals surface area contributed by atoms with E-state index in [1.165, 1.54) is 0 Å². The second kappa shape index (κ2) is 4.94. The van der Waals surface area contributed by atoms with Crippen LogP contribution in [-0.2, 0) is 9.53 Å². The Morgan fingerprint density at radius 3 is 3.00 bits per heavy atom. The maximum Gasteiger partial charge on any atom is 0.228 e. The monoisotopic (exact) mass is 213 g/mol. The molecule has 2 heterocycles. The first kappa shape index (κ1) is 10.9. The van der Waals surface area contributed by atoms with Crippen molar-refractivity contribution < 1.29 is 14.6 Å². The van der Waals surface area contributed by atoms with Gasteiger partial charge in [-0.1, -0.05) is 0 Å². The summed E-state index contributed by atoms with van der Waals surface area (Å²) in [7, 11) is 0. The lowest BCUT2D eigenvalue weighted by Crippen LogP contribution is -2.44. The van der Waals surface area contributed by atoms with Crippen molar-refractivity contribution in [3.63, 3.8) is 0 Å². The maximum atomic E-state index is 12.0. The Kier molecular flexibility index (Phi) is 3.59. The summed E-state index contributed by atoms with van der Waals surface area (Å²) in [5, 5.41) is 9.09. The number of likely N-dealkylation sites (tertiary alicyclic amines) is 1. The number of ether oxygens (including phenoxy) is 1. The number of piperidine rings is 1. The topological polar surface area (TPSA) is 49.8 Å². The minimum atomic E-state index is 0.0717. The summed E-state index contributed by atoms with van der Waals surface area (Å²) >= 11 is 0. The second-order valence-corrected chi connectivity index (χ2v) is 4.54. The van der Waals surface area contributed by atoms with Gasteiger partial charge in [0.25, 0.3) is 0 Å². The van der Waals surface area contributed by atoms with Gasteiger partial charge >= 0.3 is 0 Å². The van der Waals surface area contributed by atoms with Crippen molar-refractivity contribution in [2.45, 2.75) is 19.3 Å². The Balaban J connectivity index is 1.88. The molecular formula is C11H19NO3. The smallest absolute Gasteiger partial charge is 0.228 e. The molecule has 0 radical (unpaired) electrons. The molecule has 2 aliphatic rings. The van der Waals surface area contributed by atoms with E-state index in [4.69, 9.17) is 9.84 Å². The van der Waals surface area contributed by atoms with Crippen LogP contribution in [0.3, 0.4) is 0 Å². The lowest BCUT2D eigenvalue weighted by molar-refractivity contribution is -0.137. The van der Waals surface area contributed by atoms with Gasteiger partial charge in [0, 0.05) is 26.3 Å². The van der Waals surface area contributed by atoms with Crippen molar-refractivity contribution >= 4 is 5.91 Å². The molecule has 2 saturated heterocycles. The molecule has 2 aliphatic heterocycles. The molecule has 0 spiro atoms. The second-order valence-electron chi connectivity index (χ2n) is 4.54. The number of rotatable bonds is 2. The normalized spacial score (nSPS) is 31.9. The number of amides is 1. The zero-order valence-electron chi connectivity index (χ0n) is 9.02. The molecule has 86 valence electrons. The van der Waals surface area contributed by atoms with Crippen molar-refractivity contribution in [1.82, 2.24) is 4.90 Å². The van der Waals surface area contributed by atoms with Crippen LogP contribution in [0.25, 0.3) is 0 Å². The third kappa shape index (κ3) is 2.49. The van der Waals surface area contributed by atoms with Gasteiger partial charge in [0.05, 0.1) is 12.5 Å². The summed E-state index contributed by atoms with van der Waals surface area (Å²) in [5.41, 5.74) is 0. The van der Waals surface area contributed by atoms with Crippen LogP contribution >= 0.6 is 0 Å². The summed E-state index contributed by atoms with van der Waals surface area (Å²) in [6.45, 7) is 3.08. The summed E-state index contributed by atoms with van der Waals surface area (Å²) in [6.07, 6.45) is 2.92. The zero-order valence-corrected chi connectivity index (χ0v) is 9.02. The fourth-order valence-electron chi connectivity index (χ4n) is 2.40. The van der Waals surface area contributed by atoms with E-state index in [0.29, 0.717) is 13.2 Å². The first-order valence-corrected chi connectivity index (χ1v) is 5.78. The number of aliphatic hydroxyl groups excluding tert-OH is 1. The average molecular weight is 213 g/mol. The molecule has 2 atom stereocenters. The zero-order chi connectivity index (χ0) is 10.7. The quantitative estimate of drug-likeness (QED) is 0.715. The Morgan fingerprint density at radius 1 is 1.47 bits per heavy atom. The van der Waals surface area contributed by atoms with Gasteiger partial charge in [-0.05, 0) is 25.2 Å². The van der Waals surface area contributed by atoms with Crippen LogP contribution in [0.2, 0.25) is 0 Å². The molecule has 2 rings (SSSR count). The molecule has 1 amide bonds. The van der Waals surface area contributed by atoms with Gasteiger partial charge < -0.3 is 14.7 Å². The molecule has 0 aromatic heterocycles. The van der Waals surface area contributed by atoms with E-state index in [-0.39, 0.29) is 24.3 Å². The minimum Gasteiger partial charge on any atom is -0.396 e. The van der Waals surface area contributed by atoms with Crippen molar-refractivity contribution in [3.8, 4) is 0 Å².